The van der Waals surface area contributed by atoms with E-state index in [9.17, 15) is 9.59 Å². The Labute approximate surface area is 131 Å². The van der Waals surface area contributed by atoms with Crippen LogP contribution in [0.15, 0.2) is 36.7 Å². The minimum atomic E-state index is -0.385. The van der Waals surface area contributed by atoms with Gasteiger partial charge < -0.3 is 10.5 Å². The molecule has 1 unspecified atom stereocenters. The van der Waals surface area contributed by atoms with Gasteiger partial charge in [0, 0.05) is 29.3 Å². The number of hydrogen-bond acceptors (Lipinski definition) is 5. The van der Waals surface area contributed by atoms with Gasteiger partial charge in [-0.25, -0.2) is 4.79 Å². The number of hydrogen-bond donors (Lipinski definition) is 1. The third-order valence-corrected chi connectivity index (χ3v) is 4.55. The minimum absolute atomic E-state index is 0.219. The fraction of sp³-hybridized carbons (Fsp3) is 0.267. The molecule has 2 N–H and O–H groups in total. The molecule has 0 spiro atoms. The van der Waals surface area contributed by atoms with Gasteiger partial charge in [-0.15, -0.1) is 11.3 Å². The number of anilines is 1. The summed E-state index contributed by atoms with van der Waals surface area (Å²) in [4.78, 5) is 29.5. The molecule has 1 aliphatic rings. The zero-order valence-corrected chi connectivity index (χ0v) is 12.6. The molecule has 0 aromatic carbocycles. The van der Waals surface area contributed by atoms with Gasteiger partial charge in [0.25, 0.3) is 0 Å². The molecule has 1 aliphatic heterocycles. The minimum Gasteiger partial charge on any atom is -0.444 e. The van der Waals surface area contributed by atoms with Crippen LogP contribution in [-0.2, 0) is 9.53 Å². The largest absolute Gasteiger partial charge is 0.444 e. The summed E-state index contributed by atoms with van der Waals surface area (Å²) in [6.45, 7) is 0.444. The number of primary amides is 1. The van der Waals surface area contributed by atoms with Crippen molar-refractivity contribution in [3.05, 3.63) is 36.7 Å². The van der Waals surface area contributed by atoms with Crippen LogP contribution in [0.2, 0.25) is 0 Å². The van der Waals surface area contributed by atoms with Crippen LogP contribution in [0.25, 0.3) is 10.4 Å². The Kier molecular flexibility index (Phi) is 4.06. The third kappa shape index (κ3) is 3.09. The molecule has 2 aromatic heterocycles. The van der Waals surface area contributed by atoms with Crippen molar-refractivity contribution in [2.24, 2.45) is 5.73 Å². The number of nitrogens with two attached hydrogens (primary N) is 1. The highest BCUT2D eigenvalue weighted by atomic mass is 32.1. The zero-order chi connectivity index (χ0) is 15.5. The second-order valence-electron chi connectivity index (χ2n) is 5.00. The van der Waals surface area contributed by atoms with Crippen molar-refractivity contribution in [2.75, 3.05) is 11.4 Å². The molecule has 1 saturated heterocycles. The molecule has 3 heterocycles. The lowest BCUT2D eigenvalue weighted by atomic mass is 10.2. The number of pyridine rings is 1. The van der Waals surface area contributed by atoms with Gasteiger partial charge in [0.2, 0.25) is 5.91 Å². The molecule has 114 valence electrons. The highest BCUT2D eigenvalue weighted by molar-refractivity contribution is 7.19. The van der Waals surface area contributed by atoms with Crippen LogP contribution in [-0.4, -0.2) is 29.6 Å². The van der Waals surface area contributed by atoms with E-state index in [0.717, 1.165) is 15.4 Å². The van der Waals surface area contributed by atoms with E-state index in [1.54, 1.807) is 17.3 Å². The van der Waals surface area contributed by atoms with E-state index in [2.05, 4.69) is 4.98 Å². The van der Waals surface area contributed by atoms with Crippen LogP contribution in [0, 0.1) is 0 Å². The molecule has 0 radical (unpaired) electrons. The van der Waals surface area contributed by atoms with Gasteiger partial charge in [0.15, 0.2) is 0 Å². The number of rotatable bonds is 5. The number of carbonyl (C=O) groups excluding carboxylic acids is 2. The zero-order valence-electron chi connectivity index (χ0n) is 11.8. The summed E-state index contributed by atoms with van der Waals surface area (Å²) < 4.78 is 5.27. The molecule has 7 heteroatoms. The van der Waals surface area contributed by atoms with Crippen LogP contribution in [0.5, 0.6) is 0 Å². The van der Waals surface area contributed by atoms with E-state index in [1.165, 1.54) is 11.3 Å². The van der Waals surface area contributed by atoms with Crippen molar-refractivity contribution >= 4 is 28.3 Å². The highest BCUT2D eigenvalue weighted by Gasteiger charge is 2.33. The summed E-state index contributed by atoms with van der Waals surface area (Å²) >= 11 is 1.51. The van der Waals surface area contributed by atoms with E-state index in [0.29, 0.717) is 13.0 Å². The Bertz CT molecular complexity index is 686. The molecule has 3 rings (SSSR count). The smallest absolute Gasteiger partial charge is 0.415 e. The predicted molar refractivity (Wildman–Crippen MR) is 83.6 cm³/mol. The van der Waals surface area contributed by atoms with Gasteiger partial charge in [-0.1, -0.05) is 6.07 Å². The van der Waals surface area contributed by atoms with E-state index in [-0.39, 0.29) is 24.5 Å². The first-order valence-corrected chi connectivity index (χ1v) is 7.72. The first kappa shape index (κ1) is 14.5. The number of ether oxygens (including phenoxy) is 1. The van der Waals surface area contributed by atoms with Crippen molar-refractivity contribution in [2.45, 2.75) is 18.9 Å². The van der Waals surface area contributed by atoms with Crippen molar-refractivity contribution in [3.63, 3.8) is 0 Å². The van der Waals surface area contributed by atoms with Crippen LogP contribution in [0.3, 0.4) is 0 Å². The summed E-state index contributed by atoms with van der Waals surface area (Å²) in [5.41, 5.74) is 6.13. The summed E-state index contributed by atoms with van der Waals surface area (Å²) in [6, 6.07) is 7.70. The van der Waals surface area contributed by atoms with E-state index >= 15 is 0 Å². The molecule has 0 aliphatic carbocycles. The van der Waals surface area contributed by atoms with Gasteiger partial charge in [0.05, 0.1) is 6.54 Å². The van der Waals surface area contributed by atoms with E-state index in [1.807, 2.05) is 24.3 Å². The van der Waals surface area contributed by atoms with E-state index < -0.39 is 0 Å². The molecular weight excluding hydrogens is 302 g/mol. The van der Waals surface area contributed by atoms with Gasteiger partial charge in [-0.3, -0.25) is 14.7 Å². The Balaban J connectivity index is 1.71. The standard InChI is InChI=1S/C15H15N3O3S/c16-13(19)5-3-11-9-18(15(20)21-11)14-6-4-12(22-14)10-2-1-7-17-8-10/h1-2,4,6-8,11H,3,5,9H2,(H2,16,19). The number of thiophene rings is 1. The second-order valence-corrected chi connectivity index (χ2v) is 6.06. The molecule has 0 saturated carbocycles. The number of nitrogens with zero attached hydrogens (tertiary/aromatic N) is 2. The van der Waals surface area contributed by atoms with Gasteiger partial charge in [-0.2, -0.15) is 0 Å². The van der Waals surface area contributed by atoms with Gasteiger partial charge in [-0.05, 0) is 24.6 Å². The lowest BCUT2D eigenvalue weighted by Gasteiger charge is -2.09. The van der Waals surface area contributed by atoms with Crippen LogP contribution >= 0.6 is 11.3 Å². The Morgan fingerprint density at radius 1 is 1.45 bits per heavy atom. The summed E-state index contributed by atoms with van der Waals surface area (Å²) in [7, 11) is 0. The molecule has 1 fully saturated rings. The van der Waals surface area contributed by atoms with Crippen molar-refractivity contribution < 1.29 is 14.3 Å². The average molecular weight is 317 g/mol. The molecule has 2 amide bonds. The fourth-order valence-electron chi connectivity index (χ4n) is 2.29. The lowest BCUT2D eigenvalue weighted by molar-refractivity contribution is -0.118. The van der Waals surface area contributed by atoms with Crippen LogP contribution < -0.4 is 10.6 Å². The molecule has 6 nitrogen and oxygen atoms in total. The molecule has 0 bridgehead atoms. The number of amides is 2. The monoisotopic (exact) mass is 317 g/mol. The van der Waals surface area contributed by atoms with E-state index in [4.69, 9.17) is 10.5 Å². The lowest BCUT2D eigenvalue weighted by Crippen LogP contribution is -2.24. The molecule has 2 aromatic rings. The maximum absolute atomic E-state index is 12.0. The summed E-state index contributed by atoms with van der Waals surface area (Å²) in [5.74, 6) is -0.385. The maximum Gasteiger partial charge on any atom is 0.415 e. The van der Waals surface area contributed by atoms with Crippen LogP contribution in [0.4, 0.5) is 9.80 Å². The number of carbonyl (C=O) groups is 2. The number of aromatic nitrogens is 1. The molecule has 22 heavy (non-hydrogen) atoms. The first-order chi connectivity index (χ1) is 10.6. The molecule has 1 atom stereocenters. The second kappa shape index (κ2) is 6.15. The van der Waals surface area contributed by atoms with Gasteiger partial charge in [0.1, 0.15) is 11.1 Å². The fourth-order valence-corrected chi connectivity index (χ4v) is 3.29. The summed E-state index contributed by atoms with van der Waals surface area (Å²) in [6.07, 6.45) is 3.51. The predicted octanol–water partition coefficient (Wildman–Crippen LogP) is 2.40. The van der Waals surface area contributed by atoms with Gasteiger partial charge >= 0.3 is 6.09 Å². The number of cyclic esters (lactones) is 1. The quantitative estimate of drug-likeness (QED) is 0.917. The van der Waals surface area contributed by atoms with Crippen molar-refractivity contribution in [3.8, 4) is 10.4 Å². The SMILES string of the molecule is NC(=O)CCC1CN(c2ccc(-c3cccnc3)s2)C(=O)O1. The maximum atomic E-state index is 12.0. The summed E-state index contributed by atoms with van der Waals surface area (Å²) in [5, 5.41) is 0.824. The Morgan fingerprint density at radius 2 is 2.32 bits per heavy atom. The van der Waals surface area contributed by atoms with Crippen molar-refractivity contribution in [1.29, 1.82) is 0 Å². The van der Waals surface area contributed by atoms with Crippen LogP contribution in [0.1, 0.15) is 12.8 Å². The first-order valence-electron chi connectivity index (χ1n) is 6.90. The normalized spacial score (nSPS) is 17.5. The Hall–Kier alpha value is -2.41. The topological polar surface area (TPSA) is 85.5 Å². The highest BCUT2D eigenvalue weighted by Crippen LogP contribution is 2.35. The van der Waals surface area contributed by atoms with Crippen molar-refractivity contribution in [1.82, 2.24) is 4.98 Å². The Morgan fingerprint density at radius 3 is 3.05 bits per heavy atom. The average Bonchev–Trinajstić information content (AvgIpc) is 3.12. The third-order valence-electron chi connectivity index (χ3n) is 3.39. The molecular formula is C15H15N3O3S.